The Kier molecular flexibility index (Phi) is 4.19. The third-order valence-electron chi connectivity index (χ3n) is 3.24. The van der Waals surface area contributed by atoms with Crippen molar-refractivity contribution in [1.82, 2.24) is 15.1 Å². The Morgan fingerprint density at radius 2 is 1.35 bits per heavy atom. The van der Waals surface area contributed by atoms with E-state index in [1.54, 1.807) is 0 Å². The summed E-state index contributed by atoms with van der Waals surface area (Å²) in [6.07, 6.45) is 3.55. The smallest absolute Gasteiger partial charge is 0.198 e. The van der Waals surface area contributed by atoms with Crippen LogP contribution < -0.4 is 5.32 Å². The molecule has 0 aromatic heterocycles. The largest absolute Gasteiger partial charge is 0.378 e. The Morgan fingerprint density at radius 1 is 0.824 bits per heavy atom. The summed E-state index contributed by atoms with van der Waals surface area (Å²) in [6, 6.07) is 0. The molecule has 2 aliphatic rings. The van der Waals surface area contributed by atoms with Crippen molar-refractivity contribution in [3.8, 4) is 0 Å². The number of nitrogens with one attached hydrogen (secondary N) is 3. The molecule has 2 saturated heterocycles. The maximum atomic E-state index is 7.95. The average Bonchev–Trinajstić information content (AvgIpc) is 2.40. The van der Waals surface area contributed by atoms with Crippen molar-refractivity contribution in [3.05, 3.63) is 0 Å². The molecule has 2 aliphatic heterocycles. The van der Waals surface area contributed by atoms with E-state index >= 15 is 0 Å². The quantitative estimate of drug-likeness (QED) is 0.419. The van der Waals surface area contributed by atoms with Gasteiger partial charge in [-0.2, -0.15) is 0 Å². The number of ether oxygens (including phenoxy) is 1. The van der Waals surface area contributed by atoms with Crippen molar-refractivity contribution in [3.63, 3.8) is 0 Å². The second-order valence-electron chi connectivity index (χ2n) is 4.47. The monoisotopic (exact) mass is 239 g/mol. The van der Waals surface area contributed by atoms with Gasteiger partial charge in [-0.1, -0.05) is 0 Å². The summed E-state index contributed by atoms with van der Waals surface area (Å²) < 4.78 is 5.24. The molecule has 17 heavy (non-hydrogen) atoms. The van der Waals surface area contributed by atoms with Crippen LogP contribution >= 0.6 is 0 Å². The maximum absolute atomic E-state index is 7.95. The molecule has 0 radical (unpaired) electrons. The van der Waals surface area contributed by atoms with Crippen LogP contribution in [0, 0.1) is 10.8 Å². The minimum absolute atomic E-state index is 0.323. The zero-order valence-corrected chi connectivity index (χ0v) is 10.2. The van der Waals surface area contributed by atoms with E-state index in [-0.39, 0.29) is 0 Å². The lowest BCUT2D eigenvalue weighted by Gasteiger charge is -2.33. The molecule has 96 valence electrons. The molecular weight excluding hydrogens is 218 g/mol. The van der Waals surface area contributed by atoms with Gasteiger partial charge in [-0.15, -0.1) is 0 Å². The van der Waals surface area contributed by atoms with Crippen molar-refractivity contribution in [2.24, 2.45) is 0 Å². The number of nitrogens with zero attached hydrogens (tertiary/aromatic N) is 2. The lowest BCUT2D eigenvalue weighted by Crippen LogP contribution is -2.53. The predicted octanol–water partition coefficient (Wildman–Crippen LogP) is 0.264. The highest BCUT2D eigenvalue weighted by Gasteiger charge is 2.18. The van der Waals surface area contributed by atoms with Crippen molar-refractivity contribution in [2.45, 2.75) is 19.3 Å². The van der Waals surface area contributed by atoms with Gasteiger partial charge >= 0.3 is 0 Å². The molecule has 2 heterocycles. The summed E-state index contributed by atoms with van der Waals surface area (Å²) in [5.41, 5.74) is 0. The minimum atomic E-state index is 0.323. The van der Waals surface area contributed by atoms with E-state index in [4.69, 9.17) is 15.6 Å². The van der Waals surface area contributed by atoms with Crippen LogP contribution in [-0.4, -0.2) is 61.1 Å². The van der Waals surface area contributed by atoms with Crippen LogP contribution in [0.2, 0.25) is 0 Å². The molecule has 0 amide bonds. The highest BCUT2D eigenvalue weighted by atomic mass is 16.5. The van der Waals surface area contributed by atoms with E-state index < -0.39 is 0 Å². The van der Waals surface area contributed by atoms with Crippen LogP contribution in [0.25, 0.3) is 0 Å². The van der Waals surface area contributed by atoms with Gasteiger partial charge in [0.15, 0.2) is 11.9 Å². The molecule has 6 nitrogen and oxygen atoms in total. The van der Waals surface area contributed by atoms with Crippen LogP contribution in [0.5, 0.6) is 0 Å². The standard InChI is InChI=1S/C11H21N5O/c12-10(15-4-2-1-3-5-15)14-11(13)16-6-8-17-9-7-16/h1-9H2,(H3,12,13,14). The van der Waals surface area contributed by atoms with Crippen LogP contribution in [-0.2, 0) is 4.74 Å². The third kappa shape index (κ3) is 3.33. The first kappa shape index (κ1) is 12.2. The van der Waals surface area contributed by atoms with Gasteiger partial charge in [-0.05, 0) is 19.3 Å². The van der Waals surface area contributed by atoms with Crippen molar-refractivity contribution >= 4 is 11.9 Å². The average molecular weight is 239 g/mol. The van der Waals surface area contributed by atoms with Crippen LogP contribution in [0.3, 0.4) is 0 Å². The molecule has 2 fully saturated rings. The molecule has 6 heteroatoms. The van der Waals surface area contributed by atoms with E-state index in [1.165, 1.54) is 6.42 Å². The van der Waals surface area contributed by atoms with E-state index in [0.717, 1.165) is 39.0 Å². The molecule has 3 N–H and O–H groups in total. The summed E-state index contributed by atoms with van der Waals surface area (Å²) in [7, 11) is 0. The maximum Gasteiger partial charge on any atom is 0.198 e. The van der Waals surface area contributed by atoms with Gasteiger partial charge < -0.3 is 14.5 Å². The Labute approximate surface area is 102 Å². The van der Waals surface area contributed by atoms with Gasteiger partial charge in [0.1, 0.15) is 0 Å². The van der Waals surface area contributed by atoms with E-state index in [1.807, 2.05) is 9.80 Å². The number of hydrogen-bond donors (Lipinski definition) is 3. The van der Waals surface area contributed by atoms with E-state index in [2.05, 4.69) is 5.32 Å². The van der Waals surface area contributed by atoms with E-state index in [0.29, 0.717) is 25.1 Å². The van der Waals surface area contributed by atoms with Gasteiger partial charge in [0.05, 0.1) is 13.2 Å². The summed E-state index contributed by atoms with van der Waals surface area (Å²) in [6.45, 7) is 4.67. The fourth-order valence-electron chi connectivity index (χ4n) is 2.17. The van der Waals surface area contributed by atoms with E-state index in [9.17, 15) is 0 Å². The lowest BCUT2D eigenvalue weighted by molar-refractivity contribution is 0.0666. The zero-order valence-electron chi connectivity index (χ0n) is 10.2. The number of likely N-dealkylation sites (tertiary alicyclic amines) is 1. The first-order valence-corrected chi connectivity index (χ1v) is 6.29. The number of piperidine rings is 1. The number of morpholine rings is 1. The van der Waals surface area contributed by atoms with Gasteiger partial charge in [-0.3, -0.25) is 16.1 Å². The Hall–Kier alpha value is -1.30. The molecule has 2 rings (SSSR count). The Morgan fingerprint density at radius 3 is 1.94 bits per heavy atom. The Bertz CT molecular complexity index is 254. The first-order chi connectivity index (χ1) is 8.27. The molecule has 0 atom stereocenters. The zero-order chi connectivity index (χ0) is 12.1. The summed E-state index contributed by atoms with van der Waals surface area (Å²) in [5.74, 6) is 0.685. The first-order valence-electron chi connectivity index (χ1n) is 6.29. The second kappa shape index (κ2) is 5.86. The normalized spacial score (nSPS) is 21.2. The Balaban J connectivity index is 1.78. The van der Waals surface area contributed by atoms with Crippen molar-refractivity contribution < 1.29 is 4.74 Å². The third-order valence-corrected chi connectivity index (χ3v) is 3.24. The molecule has 0 aliphatic carbocycles. The fourth-order valence-corrected chi connectivity index (χ4v) is 2.17. The summed E-state index contributed by atoms with van der Waals surface area (Å²) in [4.78, 5) is 3.93. The highest BCUT2D eigenvalue weighted by molar-refractivity contribution is 5.95. The van der Waals surface area contributed by atoms with Gasteiger partial charge in [-0.25, -0.2) is 0 Å². The number of guanidine groups is 2. The second-order valence-corrected chi connectivity index (χ2v) is 4.47. The van der Waals surface area contributed by atoms with Gasteiger partial charge in [0.2, 0.25) is 0 Å². The number of rotatable bonds is 0. The van der Waals surface area contributed by atoms with Crippen LogP contribution in [0.1, 0.15) is 19.3 Å². The molecule has 0 saturated carbocycles. The molecule has 0 spiro atoms. The number of hydrogen-bond acceptors (Lipinski definition) is 3. The van der Waals surface area contributed by atoms with Gasteiger partial charge in [0, 0.05) is 26.2 Å². The van der Waals surface area contributed by atoms with Crippen molar-refractivity contribution in [2.75, 3.05) is 39.4 Å². The summed E-state index contributed by atoms with van der Waals surface area (Å²) in [5, 5.41) is 18.8. The van der Waals surface area contributed by atoms with Crippen LogP contribution in [0.4, 0.5) is 0 Å². The molecule has 0 unspecified atom stereocenters. The summed E-state index contributed by atoms with van der Waals surface area (Å²) >= 11 is 0. The topological polar surface area (TPSA) is 75.4 Å². The lowest BCUT2D eigenvalue weighted by atomic mass is 10.1. The molecular formula is C11H21N5O. The SMILES string of the molecule is N=C(NC(=N)N1CCOCC1)N1CCCCC1. The van der Waals surface area contributed by atoms with Crippen LogP contribution in [0.15, 0.2) is 0 Å². The molecule has 0 aromatic carbocycles. The molecule has 0 bridgehead atoms. The molecule has 0 aromatic rings. The van der Waals surface area contributed by atoms with Gasteiger partial charge in [0.25, 0.3) is 0 Å². The fraction of sp³-hybridized carbons (Fsp3) is 0.818. The minimum Gasteiger partial charge on any atom is -0.378 e. The van der Waals surface area contributed by atoms with Crippen molar-refractivity contribution in [1.29, 1.82) is 10.8 Å². The highest BCUT2D eigenvalue weighted by Crippen LogP contribution is 2.08. The predicted molar refractivity (Wildman–Crippen MR) is 66.4 cm³/mol.